The Bertz CT molecular complexity index is 949. The molecule has 2 rings (SSSR count). The Morgan fingerprint density at radius 2 is 1.90 bits per heavy atom. The van der Waals surface area contributed by atoms with E-state index in [0.29, 0.717) is 17.1 Å². The number of benzene rings is 2. The van der Waals surface area contributed by atoms with Crippen LogP contribution < -0.4 is 14.4 Å². The van der Waals surface area contributed by atoms with E-state index in [0.717, 1.165) is 21.9 Å². The van der Waals surface area contributed by atoms with Gasteiger partial charge in [0.1, 0.15) is 18.4 Å². The first-order valence-corrected chi connectivity index (χ1v) is 11.6. The van der Waals surface area contributed by atoms with Crippen LogP contribution in [0.15, 0.2) is 48.5 Å². The van der Waals surface area contributed by atoms with Crippen molar-refractivity contribution in [3.8, 4) is 5.75 Å². The zero-order valence-electron chi connectivity index (χ0n) is 17.1. The lowest BCUT2D eigenvalue weighted by Gasteiger charge is -2.31. The van der Waals surface area contributed by atoms with Crippen LogP contribution in [-0.4, -0.2) is 39.3 Å². The van der Waals surface area contributed by atoms with E-state index >= 15 is 0 Å². The first-order valence-electron chi connectivity index (χ1n) is 9.37. The molecule has 0 aliphatic rings. The highest BCUT2D eigenvalue weighted by atomic mass is 35.5. The Kier molecular flexibility index (Phi) is 7.93. The largest absolute Gasteiger partial charge is 0.491 e. The number of rotatable bonds is 9. The number of hydrogen-bond donors (Lipinski definition) is 1. The van der Waals surface area contributed by atoms with E-state index in [1.165, 1.54) is 6.07 Å². The number of halogens is 1. The predicted octanol–water partition coefficient (Wildman–Crippen LogP) is 3.78. The normalized spacial score (nSPS) is 13.4. The number of amides is 1. The van der Waals surface area contributed by atoms with Crippen molar-refractivity contribution in [3.63, 3.8) is 0 Å². The van der Waals surface area contributed by atoms with Gasteiger partial charge in [-0.25, -0.2) is 8.42 Å². The molecule has 158 valence electrons. The van der Waals surface area contributed by atoms with Crippen molar-refractivity contribution in [2.75, 3.05) is 17.2 Å². The lowest BCUT2D eigenvalue weighted by atomic mass is 10.1. The number of nitrogens with zero attached hydrogens (tertiary/aromatic N) is 1. The second kappa shape index (κ2) is 9.98. The molecule has 0 spiro atoms. The smallest absolute Gasteiger partial charge is 0.244 e. The van der Waals surface area contributed by atoms with E-state index < -0.39 is 22.0 Å². The van der Waals surface area contributed by atoms with Gasteiger partial charge in [-0.2, -0.15) is 0 Å². The number of sulfonamides is 1. The molecule has 0 fully saturated rings. The molecule has 2 aromatic rings. The molecule has 0 heterocycles. The minimum atomic E-state index is -3.71. The van der Waals surface area contributed by atoms with E-state index in [2.05, 4.69) is 5.32 Å². The van der Waals surface area contributed by atoms with Crippen LogP contribution in [-0.2, 0) is 14.8 Å². The molecule has 0 bridgehead atoms. The van der Waals surface area contributed by atoms with Crippen LogP contribution in [0.2, 0.25) is 5.02 Å². The van der Waals surface area contributed by atoms with Gasteiger partial charge in [-0.15, -0.1) is 0 Å². The Labute approximate surface area is 177 Å². The van der Waals surface area contributed by atoms with Crippen LogP contribution >= 0.6 is 11.6 Å². The summed E-state index contributed by atoms with van der Waals surface area (Å²) >= 11 is 6.02. The zero-order valence-corrected chi connectivity index (χ0v) is 18.6. The number of ether oxygens (including phenoxy) is 1. The fourth-order valence-corrected chi connectivity index (χ4v) is 4.38. The second-order valence-corrected chi connectivity index (χ2v) is 9.24. The first-order chi connectivity index (χ1) is 13.6. The van der Waals surface area contributed by atoms with Crippen LogP contribution in [0.25, 0.3) is 0 Å². The molecule has 8 heteroatoms. The van der Waals surface area contributed by atoms with Gasteiger partial charge >= 0.3 is 0 Å². The van der Waals surface area contributed by atoms with Crippen LogP contribution in [0, 0.1) is 6.92 Å². The molecule has 0 aliphatic heterocycles. The fourth-order valence-electron chi connectivity index (χ4n) is 2.99. The summed E-state index contributed by atoms with van der Waals surface area (Å²) in [5.41, 5.74) is 1.35. The van der Waals surface area contributed by atoms with Gasteiger partial charge in [0, 0.05) is 5.02 Å². The standard InChI is InChI=1S/C21H27ClN2O4S/c1-5-19(24(29(4,26)27)18-11-8-10-17(22)13-18)21(25)23-16(3)14-28-20-12-7-6-9-15(20)2/h6-13,16,19H,5,14H2,1-4H3,(H,23,25)/t16-,19-/m0/s1. The van der Waals surface area contributed by atoms with Gasteiger partial charge in [0.15, 0.2) is 0 Å². The Morgan fingerprint density at radius 1 is 1.21 bits per heavy atom. The van der Waals surface area contributed by atoms with Gasteiger partial charge in [-0.3, -0.25) is 9.10 Å². The first kappa shape index (κ1) is 23.0. The van der Waals surface area contributed by atoms with Crippen molar-refractivity contribution in [2.24, 2.45) is 0 Å². The highest BCUT2D eigenvalue weighted by molar-refractivity contribution is 7.92. The van der Waals surface area contributed by atoms with Crippen molar-refractivity contribution in [3.05, 3.63) is 59.1 Å². The Balaban J connectivity index is 2.13. The Morgan fingerprint density at radius 3 is 2.48 bits per heavy atom. The molecule has 0 aromatic heterocycles. The maximum Gasteiger partial charge on any atom is 0.244 e. The van der Waals surface area contributed by atoms with Gasteiger partial charge in [0.05, 0.1) is 18.0 Å². The van der Waals surface area contributed by atoms with Crippen molar-refractivity contribution in [1.82, 2.24) is 5.32 Å². The van der Waals surface area contributed by atoms with E-state index in [9.17, 15) is 13.2 Å². The number of hydrogen-bond acceptors (Lipinski definition) is 4. The number of anilines is 1. The van der Waals surface area contributed by atoms with E-state index in [1.807, 2.05) is 38.1 Å². The molecule has 2 aromatic carbocycles. The molecular weight excluding hydrogens is 412 g/mol. The third-order valence-corrected chi connectivity index (χ3v) is 5.78. The van der Waals surface area contributed by atoms with Crippen LogP contribution in [0.3, 0.4) is 0 Å². The molecule has 0 radical (unpaired) electrons. The molecule has 29 heavy (non-hydrogen) atoms. The molecule has 0 unspecified atom stereocenters. The number of carbonyl (C=O) groups excluding carboxylic acids is 1. The second-order valence-electron chi connectivity index (χ2n) is 6.95. The third-order valence-electron chi connectivity index (χ3n) is 4.36. The minimum absolute atomic E-state index is 0.267. The number of aryl methyl sites for hydroxylation is 1. The summed E-state index contributed by atoms with van der Waals surface area (Å²) in [4.78, 5) is 12.9. The molecule has 0 saturated carbocycles. The summed E-state index contributed by atoms with van der Waals surface area (Å²) in [6, 6.07) is 12.9. The highest BCUT2D eigenvalue weighted by Crippen LogP contribution is 2.25. The van der Waals surface area contributed by atoms with E-state index in [4.69, 9.17) is 16.3 Å². The summed E-state index contributed by atoms with van der Waals surface area (Å²) in [6.45, 7) is 5.79. The van der Waals surface area contributed by atoms with Crippen molar-refractivity contribution in [2.45, 2.75) is 39.3 Å². The molecule has 1 N–H and O–H groups in total. The number of nitrogens with one attached hydrogen (secondary N) is 1. The molecule has 2 atom stereocenters. The molecular formula is C21H27ClN2O4S. The molecule has 6 nitrogen and oxygen atoms in total. The topological polar surface area (TPSA) is 75.7 Å². The summed E-state index contributed by atoms with van der Waals surface area (Å²) in [6.07, 6.45) is 1.38. The van der Waals surface area contributed by atoms with Gasteiger partial charge in [0.25, 0.3) is 0 Å². The fraction of sp³-hybridized carbons (Fsp3) is 0.381. The maximum atomic E-state index is 12.9. The molecule has 0 saturated heterocycles. The number of carbonyl (C=O) groups is 1. The van der Waals surface area contributed by atoms with E-state index in [-0.39, 0.29) is 12.6 Å². The lowest BCUT2D eigenvalue weighted by molar-refractivity contribution is -0.123. The summed E-state index contributed by atoms with van der Waals surface area (Å²) in [7, 11) is -3.71. The Hall–Kier alpha value is -2.25. The zero-order chi connectivity index (χ0) is 21.6. The van der Waals surface area contributed by atoms with Crippen molar-refractivity contribution >= 4 is 33.2 Å². The third kappa shape index (κ3) is 6.37. The van der Waals surface area contributed by atoms with Crippen molar-refractivity contribution in [1.29, 1.82) is 0 Å². The summed E-state index contributed by atoms with van der Waals surface area (Å²) < 4.78 is 31.8. The molecule has 0 aliphatic carbocycles. The van der Waals surface area contributed by atoms with Gasteiger partial charge < -0.3 is 10.1 Å². The van der Waals surface area contributed by atoms with Crippen LogP contribution in [0.4, 0.5) is 5.69 Å². The predicted molar refractivity (Wildman–Crippen MR) is 117 cm³/mol. The quantitative estimate of drug-likeness (QED) is 0.646. The average molecular weight is 439 g/mol. The highest BCUT2D eigenvalue weighted by Gasteiger charge is 2.32. The van der Waals surface area contributed by atoms with Crippen LogP contribution in [0.5, 0.6) is 5.75 Å². The van der Waals surface area contributed by atoms with Gasteiger partial charge in [-0.05, 0) is 50.1 Å². The summed E-state index contributed by atoms with van der Waals surface area (Å²) in [5.74, 6) is 0.358. The van der Waals surface area contributed by atoms with Crippen molar-refractivity contribution < 1.29 is 17.9 Å². The summed E-state index contributed by atoms with van der Waals surface area (Å²) in [5, 5.41) is 3.25. The lowest BCUT2D eigenvalue weighted by Crippen LogP contribution is -2.52. The maximum absolute atomic E-state index is 12.9. The average Bonchev–Trinajstić information content (AvgIpc) is 2.64. The number of para-hydroxylation sites is 1. The molecule has 1 amide bonds. The van der Waals surface area contributed by atoms with Gasteiger partial charge in [-0.1, -0.05) is 42.8 Å². The monoisotopic (exact) mass is 438 g/mol. The van der Waals surface area contributed by atoms with Gasteiger partial charge in [0.2, 0.25) is 15.9 Å². The van der Waals surface area contributed by atoms with E-state index in [1.54, 1.807) is 25.1 Å². The SMILES string of the molecule is CC[C@@H](C(=O)N[C@@H](C)COc1ccccc1C)N(c1cccc(Cl)c1)S(C)(=O)=O. The minimum Gasteiger partial charge on any atom is -0.491 e. The van der Waals surface area contributed by atoms with Crippen LogP contribution in [0.1, 0.15) is 25.8 Å².